The average Bonchev–Trinajstić information content (AvgIpc) is 2.47. The van der Waals surface area contributed by atoms with E-state index in [1.807, 2.05) is 20.8 Å². The first-order valence-electron chi connectivity index (χ1n) is 8.23. The van der Waals surface area contributed by atoms with Gasteiger partial charge < -0.3 is 15.4 Å². The van der Waals surface area contributed by atoms with Gasteiger partial charge in [-0.15, -0.1) is 0 Å². The molecule has 0 aliphatic carbocycles. The normalized spacial score (nSPS) is 14.2. The number of ether oxygens (including phenoxy) is 1. The van der Waals surface area contributed by atoms with E-state index in [9.17, 15) is 9.18 Å². The minimum Gasteiger partial charge on any atom is -0.444 e. The number of hydrogen-bond donors (Lipinski definition) is 2. The maximum Gasteiger partial charge on any atom is 0.407 e. The number of carbonyl (C=O) groups excluding carboxylic acids is 1. The second-order valence-electron chi connectivity index (χ2n) is 6.67. The zero-order chi connectivity index (χ0) is 17.5. The van der Waals surface area contributed by atoms with E-state index < -0.39 is 11.7 Å². The molecule has 0 spiro atoms. The van der Waals surface area contributed by atoms with Crippen molar-refractivity contribution in [2.75, 3.05) is 6.54 Å². The lowest BCUT2D eigenvalue weighted by Gasteiger charge is -2.26. The van der Waals surface area contributed by atoms with Crippen molar-refractivity contribution in [3.05, 3.63) is 35.6 Å². The van der Waals surface area contributed by atoms with Gasteiger partial charge in [0, 0.05) is 18.6 Å². The number of hydrogen-bond acceptors (Lipinski definition) is 3. The predicted octanol–water partition coefficient (Wildman–Crippen LogP) is 4.17. The first kappa shape index (κ1) is 19.4. The lowest BCUT2D eigenvalue weighted by atomic mass is 10.0. The van der Waals surface area contributed by atoms with Crippen LogP contribution in [-0.4, -0.2) is 24.3 Å². The van der Waals surface area contributed by atoms with Crippen molar-refractivity contribution in [2.24, 2.45) is 0 Å². The molecule has 4 nitrogen and oxygen atoms in total. The van der Waals surface area contributed by atoms with E-state index in [4.69, 9.17) is 4.74 Å². The number of nitrogens with one attached hydrogen (secondary N) is 2. The van der Waals surface area contributed by atoms with E-state index in [1.54, 1.807) is 12.1 Å². The number of rotatable bonds is 7. The Kier molecular flexibility index (Phi) is 7.49. The van der Waals surface area contributed by atoms with E-state index in [1.165, 1.54) is 12.1 Å². The molecule has 0 aliphatic heterocycles. The number of amides is 1. The largest absolute Gasteiger partial charge is 0.444 e. The van der Waals surface area contributed by atoms with Crippen molar-refractivity contribution in [3.63, 3.8) is 0 Å². The Balaban J connectivity index is 2.56. The molecule has 130 valence electrons. The Bertz CT molecular complexity index is 483. The van der Waals surface area contributed by atoms with Gasteiger partial charge in [-0.05, 0) is 51.3 Å². The molecule has 0 heterocycles. The summed E-state index contributed by atoms with van der Waals surface area (Å²) in [7, 11) is 0. The Hall–Kier alpha value is -1.62. The quantitative estimate of drug-likeness (QED) is 0.791. The van der Waals surface area contributed by atoms with Crippen LogP contribution >= 0.6 is 0 Å². The van der Waals surface area contributed by atoms with Gasteiger partial charge in [-0.3, -0.25) is 0 Å². The lowest BCUT2D eigenvalue weighted by Crippen LogP contribution is -2.43. The van der Waals surface area contributed by atoms with Gasteiger partial charge in [0.2, 0.25) is 0 Å². The average molecular weight is 324 g/mol. The van der Waals surface area contributed by atoms with Gasteiger partial charge in [-0.25, -0.2) is 9.18 Å². The molecule has 0 radical (unpaired) electrons. The summed E-state index contributed by atoms with van der Waals surface area (Å²) in [4.78, 5) is 11.7. The Labute approximate surface area is 138 Å². The topological polar surface area (TPSA) is 50.4 Å². The molecule has 0 bridgehead atoms. The summed E-state index contributed by atoms with van der Waals surface area (Å²) in [6, 6.07) is 6.78. The molecule has 1 aromatic carbocycles. The van der Waals surface area contributed by atoms with Gasteiger partial charge >= 0.3 is 6.09 Å². The Morgan fingerprint density at radius 1 is 1.17 bits per heavy atom. The van der Waals surface area contributed by atoms with Gasteiger partial charge in [0.15, 0.2) is 0 Å². The smallest absolute Gasteiger partial charge is 0.407 e. The number of halogens is 1. The van der Waals surface area contributed by atoms with Crippen LogP contribution in [0.2, 0.25) is 0 Å². The second-order valence-corrected chi connectivity index (χ2v) is 6.67. The maximum absolute atomic E-state index is 13.0. The molecule has 5 heteroatoms. The maximum atomic E-state index is 13.0. The van der Waals surface area contributed by atoms with Crippen molar-refractivity contribution in [2.45, 2.75) is 65.1 Å². The van der Waals surface area contributed by atoms with Crippen LogP contribution in [0.25, 0.3) is 0 Å². The fraction of sp³-hybridized carbons (Fsp3) is 0.611. The molecule has 0 saturated heterocycles. The highest BCUT2D eigenvalue weighted by atomic mass is 19.1. The molecule has 1 rings (SSSR count). The highest BCUT2D eigenvalue weighted by Gasteiger charge is 2.18. The fourth-order valence-electron chi connectivity index (χ4n) is 2.27. The van der Waals surface area contributed by atoms with Crippen LogP contribution in [0.1, 0.15) is 59.1 Å². The van der Waals surface area contributed by atoms with Gasteiger partial charge in [-0.1, -0.05) is 26.0 Å². The molecule has 23 heavy (non-hydrogen) atoms. The van der Waals surface area contributed by atoms with E-state index in [0.717, 1.165) is 18.4 Å². The third-order valence-electron chi connectivity index (χ3n) is 3.50. The van der Waals surface area contributed by atoms with E-state index in [-0.39, 0.29) is 17.9 Å². The molecular formula is C18H29FN2O2. The zero-order valence-corrected chi connectivity index (χ0v) is 14.8. The minimum atomic E-state index is -0.501. The molecule has 2 atom stereocenters. The molecule has 0 aliphatic rings. The van der Waals surface area contributed by atoms with Crippen molar-refractivity contribution in [1.29, 1.82) is 0 Å². The SMILES string of the molecule is CCC(CNC(=O)OC(C)(C)C)NC(CC)c1ccc(F)cc1. The monoisotopic (exact) mass is 324 g/mol. The van der Waals surface area contributed by atoms with Crippen molar-refractivity contribution < 1.29 is 13.9 Å². The van der Waals surface area contributed by atoms with Crippen LogP contribution in [-0.2, 0) is 4.74 Å². The van der Waals surface area contributed by atoms with Crippen LogP contribution in [0, 0.1) is 5.82 Å². The molecule has 1 aromatic rings. The summed E-state index contributed by atoms with van der Waals surface area (Å²) in [5.74, 6) is -0.234. The van der Waals surface area contributed by atoms with Gasteiger partial charge in [0.05, 0.1) is 0 Å². The van der Waals surface area contributed by atoms with Gasteiger partial charge in [-0.2, -0.15) is 0 Å². The van der Waals surface area contributed by atoms with Crippen LogP contribution < -0.4 is 10.6 Å². The third-order valence-corrected chi connectivity index (χ3v) is 3.50. The van der Waals surface area contributed by atoms with Crippen LogP contribution in [0.3, 0.4) is 0 Å². The molecular weight excluding hydrogens is 295 g/mol. The van der Waals surface area contributed by atoms with E-state index in [2.05, 4.69) is 24.5 Å². The fourth-order valence-corrected chi connectivity index (χ4v) is 2.27. The standard InChI is InChI=1S/C18H29FN2O2/c1-6-15(12-20-17(22)23-18(3,4)5)21-16(7-2)13-8-10-14(19)11-9-13/h8-11,15-16,21H,6-7,12H2,1-5H3,(H,20,22). The summed E-state index contributed by atoms with van der Waals surface area (Å²) in [5.41, 5.74) is 0.545. The number of carbonyl (C=O) groups is 1. The molecule has 0 saturated carbocycles. The van der Waals surface area contributed by atoms with Gasteiger partial charge in [0.1, 0.15) is 11.4 Å². The molecule has 2 N–H and O–H groups in total. The highest BCUT2D eigenvalue weighted by Crippen LogP contribution is 2.18. The van der Waals surface area contributed by atoms with Gasteiger partial charge in [0.25, 0.3) is 0 Å². The minimum absolute atomic E-state index is 0.123. The van der Waals surface area contributed by atoms with Crippen LogP contribution in [0.4, 0.5) is 9.18 Å². The predicted molar refractivity (Wildman–Crippen MR) is 90.9 cm³/mol. The molecule has 2 unspecified atom stereocenters. The summed E-state index contributed by atoms with van der Waals surface area (Å²) in [6.07, 6.45) is 1.34. The highest BCUT2D eigenvalue weighted by molar-refractivity contribution is 5.67. The number of alkyl carbamates (subject to hydrolysis) is 1. The first-order chi connectivity index (χ1) is 10.7. The Morgan fingerprint density at radius 2 is 1.78 bits per heavy atom. The second kappa shape index (κ2) is 8.87. The van der Waals surface area contributed by atoms with Crippen molar-refractivity contribution in [1.82, 2.24) is 10.6 Å². The molecule has 0 aromatic heterocycles. The Morgan fingerprint density at radius 3 is 2.26 bits per heavy atom. The van der Waals surface area contributed by atoms with Crippen LogP contribution in [0.5, 0.6) is 0 Å². The summed E-state index contributed by atoms with van der Waals surface area (Å²) in [6.45, 7) is 10.1. The molecule has 0 fully saturated rings. The molecule has 1 amide bonds. The van der Waals surface area contributed by atoms with E-state index >= 15 is 0 Å². The summed E-state index contributed by atoms with van der Waals surface area (Å²) < 4.78 is 18.3. The summed E-state index contributed by atoms with van der Waals surface area (Å²) >= 11 is 0. The summed E-state index contributed by atoms with van der Waals surface area (Å²) in [5, 5.41) is 6.31. The lowest BCUT2D eigenvalue weighted by molar-refractivity contribution is 0.0521. The zero-order valence-electron chi connectivity index (χ0n) is 14.8. The van der Waals surface area contributed by atoms with Crippen molar-refractivity contribution in [3.8, 4) is 0 Å². The van der Waals surface area contributed by atoms with Crippen LogP contribution in [0.15, 0.2) is 24.3 Å². The third kappa shape index (κ3) is 7.46. The van der Waals surface area contributed by atoms with Crippen molar-refractivity contribution >= 4 is 6.09 Å². The number of benzene rings is 1. The first-order valence-corrected chi connectivity index (χ1v) is 8.23. The van der Waals surface area contributed by atoms with E-state index in [0.29, 0.717) is 6.54 Å².